The van der Waals surface area contributed by atoms with E-state index in [1.165, 1.54) is 0 Å². The zero-order chi connectivity index (χ0) is 16.9. The number of halogens is 1. The molecule has 0 aliphatic carbocycles. The molecule has 1 aliphatic heterocycles. The van der Waals surface area contributed by atoms with Crippen LogP contribution < -0.4 is 15.0 Å². The molecule has 6 heteroatoms. The van der Waals surface area contributed by atoms with Crippen LogP contribution >= 0.6 is 11.6 Å². The number of carbonyl (C=O) groups is 1. The Labute approximate surface area is 145 Å². The van der Waals surface area contributed by atoms with Crippen molar-refractivity contribution in [1.82, 2.24) is 4.98 Å². The van der Waals surface area contributed by atoms with Crippen LogP contribution in [0.2, 0.25) is 5.02 Å². The van der Waals surface area contributed by atoms with E-state index in [-0.39, 0.29) is 5.91 Å². The van der Waals surface area contributed by atoms with Gasteiger partial charge in [0.2, 0.25) is 0 Å². The number of nitrogens with one attached hydrogen (secondary N) is 1. The molecule has 0 bridgehead atoms. The van der Waals surface area contributed by atoms with Gasteiger partial charge in [-0.2, -0.15) is 0 Å². The maximum atomic E-state index is 12.4. The minimum atomic E-state index is -0.0769. The standard InChI is InChI=1S/C18H18ClN3O2/c1-24-15-6-4-14(5-7-15)21-18(23)13-8-11-22(12-9-13)17-16(19)3-2-10-20-17/h2-8,10H,9,11-12H2,1H3,(H,21,23). The molecule has 0 fully saturated rings. The Morgan fingerprint density at radius 3 is 2.71 bits per heavy atom. The van der Waals surface area contributed by atoms with E-state index in [1.54, 1.807) is 19.4 Å². The smallest absolute Gasteiger partial charge is 0.251 e. The highest BCUT2D eigenvalue weighted by Gasteiger charge is 2.19. The van der Waals surface area contributed by atoms with Gasteiger partial charge >= 0.3 is 0 Å². The molecule has 24 heavy (non-hydrogen) atoms. The van der Waals surface area contributed by atoms with Gasteiger partial charge in [-0.05, 0) is 42.8 Å². The molecule has 0 saturated heterocycles. The Kier molecular flexibility index (Phi) is 5.01. The molecule has 0 saturated carbocycles. The monoisotopic (exact) mass is 343 g/mol. The lowest BCUT2D eigenvalue weighted by Crippen LogP contribution is -2.32. The van der Waals surface area contributed by atoms with E-state index in [9.17, 15) is 4.79 Å². The second-order valence-electron chi connectivity index (χ2n) is 5.42. The lowest BCUT2D eigenvalue weighted by molar-refractivity contribution is -0.113. The first-order valence-electron chi connectivity index (χ1n) is 7.67. The predicted molar refractivity (Wildman–Crippen MR) is 95.8 cm³/mol. The van der Waals surface area contributed by atoms with Crippen LogP contribution in [0.25, 0.3) is 0 Å². The van der Waals surface area contributed by atoms with Gasteiger partial charge in [0.25, 0.3) is 5.91 Å². The number of hydrogen-bond donors (Lipinski definition) is 1. The number of benzene rings is 1. The van der Waals surface area contributed by atoms with Crippen LogP contribution in [0, 0.1) is 0 Å². The van der Waals surface area contributed by atoms with Crippen LogP contribution in [0.4, 0.5) is 11.5 Å². The van der Waals surface area contributed by atoms with Crippen molar-refractivity contribution < 1.29 is 9.53 Å². The molecule has 1 N–H and O–H groups in total. The molecule has 2 aromatic rings. The van der Waals surface area contributed by atoms with Gasteiger partial charge in [0.15, 0.2) is 0 Å². The number of aromatic nitrogens is 1. The normalized spacial score (nSPS) is 14.1. The number of carbonyl (C=O) groups excluding carboxylic acids is 1. The summed E-state index contributed by atoms with van der Waals surface area (Å²) < 4.78 is 5.11. The van der Waals surface area contributed by atoms with E-state index in [2.05, 4.69) is 15.2 Å². The van der Waals surface area contributed by atoms with E-state index in [0.29, 0.717) is 24.5 Å². The number of anilines is 2. The molecule has 5 nitrogen and oxygen atoms in total. The summed E-state index contributed by atoms with van der Waals surface area (Å²) in [5.74, 6) is 1.43. The minimum Gasteiger partial charge on any atom is -0.497 e. The Bertz CT molecular complexity index is 759. The lowest BCUT2D eigenvalue weighted by Gasteiger charge is -2.27. The average molecular weight is 344 g/mol. The molecule has 1 aliphatic rings. The molecule has 1 amide bonds. The summed E-state index contributed by atoms with van der Waals surface area (Å²) in [7, 11) is 1.61. The van der Waals surface area contributed by atoms with Crippen LogP contribution in [0.15, 0.2) is 54.2 Å². The Hall–Kier alpha value is -2.53. The highest BCUT2D eigenvalue weighted by atomic mass is 35.5. The average Bonchev–Trinajstić information content (AvgIpc) is 2.63. The SMILES string of the molecule is COc1ccc(NC(=O)C2=CCN(c3ncccc3Cl)CC2)cc1. The first kappa shape index (κ1) is 16.3. The Morgan fingerprint density at radius 2 is 2.08 bits per heavy atom. The van der Waals surface area contributed by atoms with Crippen molar-refractivity contribution in [3.05, 3.63) is 59.3 Å². The summed E-state index contributed by atoms with van der Waals surface area (Å²) in [6.45, 7) is 1.32. The van der Waals surface area contributed by atoms with Gasteiger partial charge in [-0.3, -0.25) is 4.79 Å². The fourth-order valence-corrected chi connectivity index (χ4v) is 2.80. The molecule has 1 aromatic heterocycles. The number of ether oxygens (including phenoxy) is 1. The summed E-state index contributed by atoms with van der Waals surface area (Å²) in [6, 6.07) is 10.9. The van der Waals surface area contributed by atoms with Crippen LogP contribution in [-0.2, 0) is 4.79 Å². The number of amides is 1. The second kappa shape index (κ2) is 7.36. The van der Waals surface area contributed by atoms with Gasteiger partial charge in [-0.25, -0.2) is 4.98 Å². The summed E-state index contributed by atoms with van der Waals surface area (Å²) in [6.07, 6.45) is 4.29. The Morgan fingerprint density at radius 1 is 1.29 bits per heavy atom. The van der Waals surface area contributed by atoms with Crippen molar-refractivity contribution in [3.63, 3.8) is 0 Å². The van der Waals surface area contributed by atoms with E-state index in [1.807, 2.05) is 36.4 Å². The zero-order valence-electron chi connectivity index (χ0n) is 13.3. The summed E-state index contributed by atoms with van der Waals surface area (Å²) in [5.41, 5.74) is 1.52. The van der Waals surface area contributed by atoms with Gasteiger partial charge < -0.3 is 15.0 Å². The first-order valence-corrected chi connectivity index (χ1v) is 8.05. The largest absolute Gasteiger partial charge is 0.497 e. The van der Waals surface area contributed by atoms with E-state index in [0.717, 1.165) is 22.8 Å². The lowest BCUT2D eigenvalue weighted by atomic mass is 10.1. The zero-order valence-corrected chi connectivity index (χ0v) is 14.1. The third kappa shape index (κ3) is 3.68. The molecule has 0 radical (unpaired) electrons. The molecular weight excluding hydrogens is 326 g/mol. The van der Waals surface area contributed by atoms with Crippen molar-refractivity contribution in [3.8, 4) is 5.75 Å². The molecule has 1 aromatic carbocycles. The highest BCUT2D eigenvalue weighted by molar-refractivity contribution is 6.32. The molecular formula is C18H18ClN3O2. The highest BCUT2D eigenvalue weighted by Crippen LogP contribution is 2.25. The number of nitrogens with zero attached hydrogens (tertiary/aromatic N) is 2. The van der Waals surface area contributed by atoms with Gasteiger partial charge in [0, 0.05) is 30.5 Å². The maximum absolute atomic E-state index is 12.4. The topological polar surface area (TPSA) is 54.5 Å². The fraction of sp³-hybridized carbons (Fsp3) is 0.222. The molecule has 0 spiro atoms. The minimum absolute atomic E-state index is 0.0769. The number of pyridine rings is 1. The van der Waals surface area contributed by atoms with Gasteiger partial charge in [-0.1, -0.05) is 17.7 Å². The third-order valence-electron chi connectivity index (χ3n) is 3.89. The van der Waals surface area contributed by atoms with E-state index < -0.39 is 0 Å². The molecule has 124 valence electrons. The predicted octanol–water partition coefficient (Wildman–Crippen LogP) is 3.52. The second-order valence-corrected chi connectivity index (χ2v) is 5.82. The number of hydrogen-bond acceptors (Lipinski definition) is 4. The fourth-order valence-electron chi connectivity index (χ4n) is 2.56. The number of methoxy groups -OCH3 is 1. The molecule has 0 unspecified atom stereocenters. The Balaban J connectivity index is 1.63. The van der Waals surface area contributed by atoms with Crippen LogP contribution in [0.3, 0.4) is 0 Å². The quantitative estimate of drug-likeness (QED) is 0.922. The maximum Gasteiger partial charge on any atom is 0.251 e. The van der Waals surface area contributed by atoms with Crippen molar-refractivity contribution in [2.75, 3.05) is 30.4 Å². The van der Waals surface area contributed by atoms with E-state index >= 15 is 0 Å². The van der Waals surface area contributed by atoms with Crippen LogP contribution in [0.1, 0.15) is 6.42 Å². The van der Waals surface area contributed by atoms with Crippen molar-refractivity contribution >= 4 is 29.0 Å². The van der Waals surface area contributed by atoms with Gasteiger partial charge in [0.1, 0.15) is 11.6 Å². The first-order chi connectivity index (χ1) is 11.7. The van der Waals surface area contributed by atoms with Crippen molar-refractivity contribution in [2.45, 2.75) is 6.42 Å². The number of rotatable bonds is 4. The van der Waals surface area contributed by atoms with Gasteiger partial charge in [-0.15, -0.1) is 0 Å². The van der Waals surface area contributed by atoms with Crippen LogP contribution in [0.5, 0.6) is 5.75 Å². The molecule has 3 rings (SSSR count). The third-order valence-corrected chi connectivity index (χ3v) is 4.18. The van der Waals surface area contributed by atoms with Gasteiger partial charge in [0.05, 0.1) is 12.1 Å². The molecule has 2 heterocycles. The molecule has 0 atom stereocenters. The summed E-state index contributed by atoms with van der Waals surface area (Å²) in [4.78, 5) is 18.7. The summed E-state index contributed by atoms with van der Waals surface area (Å²) in [5, 5.41) is 3.53. The van der Waals surface area contributed by atoms with E-state index in [4.69, 9.17) is 16.3 Å². The summed E-state index contributed by atoms with van der Waals surface area (Å²) >= 11 is 6.17. The van der Waals surface area contributed by atoms with Crippen molar-refractivity contribution in [1.29, 1.82) is 0 Å². The van der Waals surface area contributed by atoms with Crippen molar-refractivity contribution in [2.24, 2.45) is 0 Å². The van der Waals surface area contributed by atoms with Crippen LogP contribution in [-0.4, -0.2) is 31.1 Å².